The standard InChI is InChI=1S/C9H13FN6O3/c10-8(15-1-3-18-13-15)5-9(7(11)17,12-6-8)16-2-4-19-14-16/h1-4,12-14H,5-6H2,(H2,11,17). The van der Waals surface area contributed by atoms with Gasteiger partial charge in [-0.25, -0.2) is 9.40 Å². The van der Waals surface area contributed by atoms with E-state index in [9.17, 15) is 9.18 Å². The summed E-state index contributed by atoms with van der Waals surface area (Å²) in [5, 5.41) is 5.21. The van der Waals surface area contributed by atoms with E-state index < -0.39 is 17.4 Å². The number of nitrogens with zero attached hydrogens (tertiary/aromatic N) is 2. The molecular weight excluding hydrogens is 259 g/mol. The molecule has 5 N–H and O–H groups in total. The van der Waals surface area contributed by atoms with Crippen LogP contribution in [0.2, 0.25) is 0 Å². The minimum atomic E-state index is -1.87. The predicted molar refractivity (Wildman–Crippen MR) is 58.8 cm³/mol. The molecule has 2 atom stereocenters. The molecule has 3 aliphatic heterocycles. The molecule has 0 aromatic rings. The summed E-state index contributed by atoms with van der Waals surface area (Å²) in [4.78, 5) is 21.3. The maximum Gasteiger partial charge on any atom is 0.260 e. The average molecular weight is 272 g/mol. The lowest BCUT2D eigenvalue weighted by Gasteiger charge is -2.35. The summed E-state index contributed by atoms with van der Waals surface area (Å²) < 4.78 is 14.9. The highest BCUT2D eigenvalue weighted by Crippen LogP contribution is 2.36. The lowest BCUT2D eigenvalue weighted by Crippen LogP contribution is -2.64. The molecule has 1 amide bonds. The van der Waals surface area contributed by atoms with Gasteiger partial charge in [0.2, 0.25) is 5.79 Å². The number of hydrazine groups is 2. The molecule has 104 valence electrons. The molecule has 3 rings (SSSR count). The summed E-state index contributed by atoms with van der Waals surface area (Å²) in [5.41, 5.74) is 8.80. The molecule has 9 nitrogen and oxygen atoms in total. The van der Waals surface area contributed by atoms with Crippen molar-refractivity contribution in [3.8, 4) is 0 Å². The van der Waals surface area contributed by atoms with Crippen molar-refractivity contribution in [2.75, 3.05) is 6.54 Å². The zero-order valence-corrected chi connectivity index (χ0v) is 9.80. The van der Waals surface area contributed by atoms with Gasteiger partial charge in [-0.05, 0) is 0 Å². The maximum absolute atomic E-state index is 14.9. The van der Waals surface area contributed by atoms with Gasteiger partial charge < -0.3 is 15.4 Å². The quantitative estimate of drug-likeness (QED) is 0.449. The molecule has 0 aliphatic carbocycles. The van der Waals surface area contributed by atoms with Crippen LogP contribution in [0.3, 0.4) is 0 Å². The Morgan fingerprint density at radius 2 is 1.89 bits per heavy atom. The van der Waals surface area contributed by atoms with Crippen molar-refractivity contribution in [2.45, 2.75) is 17.9 Å². The van der Waals surface area contributed by atoms with E-state index in [-0.39, 0.29) is 13.0 Å². The number of hydrogen-bond donors (Lipinski definition) is 4. The zero-order chi connectivity index (χ0) is 13.5. The first kappa shape index (κ1) is 12.0. The monoisotopic (exact) mass is 272 g/mol. The smallest absolute Gasteiger partial charge is 0.260 e. The maximum atomic E-state index is 14.9. The molecule has 0 aromatic carbocycles. The first-order valence-corrected chi connectivity index (χ1v) is 5.55. The Balaban J connectivity index is 1.86. The van der Waals surface area contributed by atoms with Gasteiger partial charge in [0.25, 0.3) is 5.91 Å². The van der Waals surface area contributed by atoms with Crippen LogP contribution in [-0.4, -0.2) is 33.9 Å². The number of carbonyl (C=O) groups excluding carboxylic acids is 1. The van der Waals surface area contributed by atoms with Crippen LogP contribution in [0.5, 0.6) is 0 Å². The van der Waals surface area contributed by atoms with Gasteiger partial charge >= 0.3 is 0 Å². The summed E-state index contributed by atoms with van der Waals surface area (Å²) in [6, 6.07) is 0. The van der Waals surface area contributed by atoms with Crippen LogP contribution in [0.1, 0.15) is 6.42 Å². The van der Waals surface area contributed by atoms with Crippen LogP contribution in [0, 0.1) is 0 Å². The van der Waals surface area contributed by atoms with Crippen molar-refractivity contribution in [1.82, 2.24) is 26.5 Å². The number of hydrogen-bond acceptors (Lipinski definition) is 8. The van der Waals surface area contributed by atoms with Crippen molar-refractivity contribution >= 4 is 5.91 Å². The molecule has 2 unspecified atom stereocenters. The first-order chi connectivity index (χ1) is 9.07. The highest BCUT2D eigenvalue weighted by atomic mass is 19.1. The minimum Gasteiger partial charge on any atom is -0.395 e. The van der Waals surface area contributed by atoms with Gasteiger partial charge in [-0.1, -0.05) is 11.2 Å². The van der Waals surface area contributed by atoms with Gasteiger partial charge in [-0.15, -0.1) is 0 Å². The van der Waals surface area contributed by atoms with Gasteiger partial charge in [0, 0.05) is 0 Å². The Bertz CT molecular complexity index is 459. The largest absolute Gasteiger partial charge is 0.395 e. The Hall–Kier alpha value is -2.04. The second-order valence-corrected chi connectivity index (χ2v) is 4.40. The Morgan fingerprint density at radius 1 is 1.26 bits per heavy atom. The summed E-state index contributed by atoms with van der Waals surface area (Å²) in [5.74, 6) is -2.60. The van der Waals surface area contributed by atoms with Crippen molar-refractivity contribution in [3.63, 3.8) is 0 Å². The van der Waals surface area contributed by atoms with Crippen LogP contribution in [0.25, 0.3) is 0 Å². The third-order valence-electron chi connectivity index (χ3n) is 3.29. The van der Waals surface area contributed by atoms with E-state index in [0.717, 1.165) is 5.01 Å². The van der Waals surface area contributed by atoms with Gasteiger partial charge in [-0.3, -0.25) is 15.1 Å². The summed E-state index contributed by atoms with van der Waals surface area (Å²) >= 11 is 0. The third-order valence-corrected chi connectivity index (χ3v) is 3.29. The van der Waals surface area contributed by atoms with Crippen molar-refractivity contribution < 1.29 is 18.9 Å². The van der Waals surface area contributed by atoms with Crippen LogP contribution in [0.4, 0.5) is 4.39 Å². The van der Waals surface area contributed by atoms with Crippen molar-refractivity contribution in [3.05, 3.63) is 24.9 Å². The molecule has 19 heavy (non-hydrogen) atoms. The Labute approximate surface area is 107 Å². The fourth-order valence-corrected chi connectivity index (χ4v) is 2.27. The molecule has 0 saturated carbocycles. The van der Waals surface area contributed by atoms with Gasteiger partial charge in [0.1, 0.15) is 12.5 Å². The number of primary amides is 1. The molecule has 0 aromatic heterocycles. The number of nitrogens with two attached hydrogens (primary N) is 1. The van der Waals surface area contributed by atoms with Gasteiger partial charge in [0.15, 0.2) is 5.66 Å². The number of amides is 1. The fraction of sp³-hybridized carbons (Fsp3) is 0.444. The number of halogens is 1. The van der Waals surface area contributed by atoms with Gasteiger partial charge in [0.05, 0.1) is 25.4 Å². The molecule has 3 heterocycles. The van der Waals surface area contributed by atoms with Gasteiger partial charge in [-0.2, -0.15) is 0 Å². The van der Waals surface area contributed by atoms with E-state index in [1.165, 1.54) is 29.9 Å². The van der Waals surface area contributed by atoms with Crippen LogP contribution in [0.15, 0.2) is 24.9 Å². The molecule has 3 aliphatic rings. The number of carbonyl (C=O) groups is 1. The highest BCUT2D eigenvalue weighted by molar-refractivity contribution is 5.85. The molecule has 0 radical (unpaired) electrons. The molecule has 0 spiro atoms. The zero-order valence-electron chi connectivity index (χ0n) is 9.80. The average Bonchev–Trinajstić information content (AvgIpc) is 3.11. The molecule has 1 saturated heterocycles. The number of alkyl halides is 1. The van der Waals surface area contributed by atoms with Crippen LogP contribution < -0.4 is 22.2 Å². The molecule has 1 fully saturated rings. The lowest BCUT2D eigenvalue weighted by molar-refractivity contribution is -0.142. The molecule has 10 heteroatoms. The SMILES string of the molecule is NC(=O)C1(N2C=CON2)CC(F)(N2C=CON2)CN1. The first-order valence-electron chi connectivity index (χ1n) is 5.55. The van der Waals surface area contributed by atoms with Crippen molar-refractivity contribution in [2.24, 2.45) is 5.73 Å². The van der Waals surface area contributed by atoms with Crippen LogP contribution in [-0.2, 0) is 14.5 Å². The second kappa shape index (κ2) is 3.98. The summed E-state index contributed by atoms with van der Waals surface area (Å²) in [6.07, 6.45) is 5.23. The van der Waals surface area contributed by atoms with Crippen LogP contribution >= 0.6 is 0 Å². The fourth-order valence-electron chi connectivity index (χ4n) is 2.27. The van der Waals surface area contributed by atoms with Crippen molar-refractivity contribution in [1.29, 1.82) is 0 Å². The number of rotatable bonds is 3. The minimum absolute atomic E-state index is 0.122. The molecule has 0 bridgehead atoms. The second-order valence-electron chi connectivity index (χ2n) is 4.40. The van der Waals surface area contributed by atoms with E-state index in [1.54, 1.807) is 0 Å². The lowest BCUT2D eigenvalue weighted by atomic mass is 10.0. The summed E-state index contributed by atoms with van der Waals surface area (Å²) in [6.45, 7) is -0.122. The topological polar surface area (TPSA) is 104 Å². The predicted octanol–water partition coefficient (Wildman–Crippen LogP) is -1.73. The Kier molecular flexibility index (Phi) is 2.52. The van der Waals surface area contributed by atoms with E-state index in [2.05, 4.69) is 16.5 Å². The van der Waals surface area contributed by atoms with E-state index in [0.29, 0.717) is 0 Å². The number of nitrogens with one attached hydrogen (secondary N) is 3. The van der Waals surface area contributed by atoms with E-state index in [1.807, 2.05) is 0 Å². The van der Waals surface area contributed by atoms with E-state index in [4.69, 9.17) is 15.4 Å². The van der Waals surface area contributed by atoms with E-state index >= 15 is 0 Å². The molecular formula is C9H13FN6O3. The Morgan fingerprint density at radius 3 is 2.42 bits per heavy atom. The highest BCUT2D eigenvalue weighted by Gasteiger charge is 2.59. The third kappa shape index (κ3) is 1.69. The normalized spacial score (nSPS) is 36.7. The summed E-state index contributed by atoms with van der Waals surface area (Å²) in [7, 11) is 0.